The predicted molar refractivity (Wildman–Crippen MR) is 113 cm³/mol. The lowest BCUT2D eigenvalue weighted by atomic mass is 10.1. The predicted octanol–water partition coefficient (Wildman–Crippen LogP) is 2.96. The van der Waals surface area contributed by atoms with Crippen molar-refractivity contribution in [1.82, 2.24) is 25.3 Å². The van der Waals surface area contributed by atoms with Gasteiger partial charge in [0.15, 0.2) is 0 Å². The average Bonchev–Trinajstić information content (AvgIpc) is 3.24. The summed E-state index contributed by atoms with van der Waals surface area (Å²) in [4.78, 5) is 30.8. The van der Waals surface area contributed by atoms with Crippen molar-refractivity contribution in [2.24, 2.45) is 0 Å². The van der Waals surface area contributed by atoms with Crippen LogP contribution in [0, 0.1) is 0 Å². The smallest absolute Gasteiger partial charge is 0.251 e. The van der Waals surface area contributed by atoms with E-state index in [9.17, 15) is 4.79 Å². The molecule has 0 unspecified atom stereocenters. The first-order valence-electron chi connectivity index (χ1n) is 9.47. The summed E-state index contributed by atoms with van der Waals surface area (Å²) in [6.45, 7) is 1.18. The Morgan fingerprint density at radius 1 is 1.07 bits per heavy atom. The van der Waals surface area contributed by atoms with Crippen LogP contribution < -0.4 is 10.2 Å². The number of imidazole rings is 1. The third-order valence-electron chi connectivity index (χ3n) is 4.78. The van der Waals surface area contributed by atoms with Crippen LogP contribution in [0.2, 0.25) is 0 Å². The van der Waals surface area contributed by atoms with Gasteiger partial charge in [-0.2, -0.15) is 0 Å². The van der Waals surface area contributed by atoms with Gasteiger partial charge in [0.2, 0.25) is 0 Å². The number of hydrogen-bond acceptors (Lipinski definition) is 5. The minimum absolute atomic E-state index is 0.132. The molecule has 0 aliphatic rings. The number of aromatic nitrogens is 4. The molecule has 0 saturated carbocycles. The fourth-order valence-electron chi connectivity index (χ4n) is 3.20. The Kier molecular flexibility index (Phi) is 5.47. The second kappa shape index (κ2) is 8.52. The van der Waals surface area contributed by atoms with Gasteiger partial charge in [0.1, 0.15) is 5.82 Å². The van der Waals surface area contributed by atoms with Crippen LogP contribution in [0.1, 0.15) is 21.6 Å². The highest BCUT2D eigenvalue weighted by atomic mass is 16.1. The molecule has 0 aliphatic heterocycles. The van der Waals surface area contributed by atoms with E-state index in [2.05, 4.69) is 30.2 Å². The summed E-state index contributed by atoms with van der Waals surface area (Å²) < 4.78 is 0. The van der Waals surface area contributed by atoms with Gasteiger partial charge in [-0.25, -0.2) is 9.97 Å². The molecule has 3 heterocycles. The van der Waals surface area contributed by atoms with E-state index in [1.54, 1.807) is 30.9 Å². The van der Waals surface area contributed by atoms with Crippen molar-refractivity contribution in [3.63, 3.8) is 0 Å². The van der Waals surface area contributed by atoms with Crippen molar-refractivity contribution in [2.75, 3.05) is 18.5 Å². The lowest BCUT2D eigenvalue weighted by Gasteiger charge is -2.21. The van der Waals surface area contributed by atoms with E-state index >= 15 is 0 Å². The number of H-pyrrole nitrogens is 1. The molecule has 7 nitrogen and oxygen atoms in total. The summed E-state index contributed by atoms with van der Waals surface area (Å²) in [5.41, 5.74) is 4.28. The SMILES string of the molecule is CN(CCc1ccccn1)c1ncccc1CNC(=O)c1ccc2nc[nH]c2c1. The molecule has 0 atom stereocenters. The Bertz CT molecular complexity index is 1110. The number of hydrogen-bond donors (Lipinski definition) is 2. The number of amides is 1. The Hall–Kier alpha value is -3.74. The zero-order valence-electron chi connectivity index (χ0n) is 16.2. The fraction of sp³-hybridized carbons (Fsp3) is 0.182. The van der Waals surface area contributed by atoms with E-state index in [1.165, 1.54) is 0 Å². The van der Waals surface area contributed by atoms with Crippen molar-refractivity contribution in [2.45, 2.75) is 13.0 Å². The molecule has 3 aromatic heterocycles. The zero-order chi connectivity index (χ0) is 20.1. The Balaban J connectivity index is 1.41. The van der Waals surface area contributed by atoms with Crippen LogP contribution in [0.4, 0.5) is 5.82 Å². The van der Waals surface area contributed by atoms with E-state index in [4.69, 9.17) is 0 Å². The second-order valence-corrected chi connectivity index (χ2v) is 6.80. The molecule has 146 valence electrons. The molecule has 0 aliphatic carbocycles. The number of anilines is 1. The first-order chi connectivity index (χ1) is 14.2. The van der Waals surface area contributed by atoms with Crippen molar-refractivity contribution in [1.29, 1.82) is 0 Å². The molecular weight excluding hydrogens is 364 g/mol. The van der Waals surface area contributed by atoms with E-state index in [-0.39, 0.29) is 5.91 Å². The molecular formula is C22H22N6O. The number of pyridine rings is 2. The zero-order valence-corrected chi connectivity index (χ0v) is 16.2. The van der Waals surface area contributed by atoms with E-state index in [0.717, 1.165) is 41.1 Å². The summed E-state index contributed by atoms with van der Waals surface area (Å²) in [5.74, 6) is 0.722. The van der Waals surface area contributed by atoms with Crippen LogP contribution in [0.3, 0.4) is 0 Å². The van der Waals surface area contributed by atoms with E-state index in [1.807, 2.05) is 43.4 Å². The molecule has 0 spiro atoms. The summed E-state index contributed by atoms with van der Waals surface area (Å²) >= 11 is 0. The van der Waals surface area contributed by atoms with Crippen LogP contribution in [-0.4, -0.2) is 39.4 Å². The van der Waals surface area contributed by atoms with Crippen LogP contribution in [0.15, 0.2) is 67.3 Å². The number of nitrogens with one attached hydrogen (secondary N) is 2. The van der Waals surface area contributed by atoms with Gasteiger partial charge < -0.3 is 15.2 Å². The number of aromatic amines is 1. The molecule has 1 amide bonds. The summed E-state index contributed by atoms with van der Waals surface area (Å²) in [7, 11) is 2.00. The highest BCUT2D eigenvalue weighted by Gasteiger charge is 2.12. The van der Waals surface area contributed by atoms with Crippen LogP contribution >= 0.6 is 0 Å². The standard InChI is InChI=1S/C22H22N6O/c1-28(12-9-18-6-2-3-10-23-18)21-17(5-4-11-24-21)14-25-22(29)16-7-8-19-20(13-16)27-15-26-19/h2-8,10-11,13,15H,9,12,14H2,1H3,(H,25,29)(H,26,27). The maximum absolute atomic E-state index is 12.6. The fourth-order valence-corrected chi connectivity index (χ4v) is 3.20. The van der Waals surface area contributed by atoms with Gasteiger partial charge >= 0.3 is 0 Å². The highest BCUT2D eigenvalue weighted by molar-refractivity contribution is 5.97. The largest absolute Gasteiger partial charge is 0.359 e. The van der Waals surface area contributed by atoms with Gasteiger partial charge in [0, 0.05) is 55.8 Å². The van der Waals surface area contributed by atoms with Gasteiger partial charge in [-0.3, -0.25) is 9.78 Å². The third kappa shape index (κ3) is 4.40. The van der Waals surface area contributed by atoms with Crippen molar-refractivity contribution in [3.05, 3.63) is 84.1 Å². The summed E-state index contributed by atoms with van der Waals surface area (Å²) in [5, 5.41) is 2.99. The lowest BCUT2D eigenvalue weighted by molar-refractivity contribution is 0.0951. The first kappa shape index (κ1) is 18.6. The molecule has 7 heteroatoms. The van der Waals surface area contributed by atoms with Crippen molar-refractivity contribution >= 4 is 22.8 Å². The number of fused-ring (bicyclic) bond motifs is 1. The number of carbonyl (C=O) groups excluding carboxylic acids is 1. The number of likely N-dealkylation sites (N-methyl/N-ethyl adjacent to an activating group) is 1. The van der Waals surface area contributed by atoms with Gasteiger partial charge in [0.25, 0.3) is 5.91 Å². The summed E-state index contributed by atoms with van der Waals surface area (Å²) in [6, 6.07) is 15.2. The number of carbonyl (C=O) groups is 1. The molecule has 0 saturated heterocycles. The molecule has 4 rings (SSSR count). The van der Waals surface area contributed by atoms with Crippen LogP contribution in [-0.2, 0) is 13.0 Å². The maximum Gasteiger partial charge on any atom is 0.251 e. The van der Waals surface area contributed by atoms with Crippen molar-refractivity contribution in [3.8, 4) is 0 Å². The molecule has 4 aromatic rings. The average molecular weight is 386 g/mol. The third-order valence-corrected chi connectivity index (χ3v) is 4.78. The second-order valence-electron chi connectivity index (χ2n) is 6.80. The minimum Gasteiger partial charge on any atom is -0.359 e. The first-order valence-corrected chi connectivity index (χ1v) is 9.47. The minimum atomic E-state index is -0.132. The maximum atomic E-state index is 12.6. The Morgan fingerprint density at radius 2 is 1.97 bits per heavy atom. The number of benzene rings is 1. The van der Waals surface area contributed by atoms with Gasteiger partial charge in [-0.05, 0) is 36.4 Å². The quantitative estimate of drug-likeness (QED) is 0.510. The van der Waals surface area contributed by atoms with Gasteiger partial charge in [-0.1, -0.05) is 12.1 Å². The molecule has 0 radical (unpaired) electrons. The van der Waals surface area contributed by atoms with Crippen LogP contribution in [0.25, 0.3) is 11.0 Å². The highest BCUT2D eigenvalue weighted by Crippen LogP contribution is 2.17. The molecule has 0 fully saturated rings. The number of rotatable bonds is 7. The molecule has 0 bridgehead atoms. The normalized spacial score (nSPS) is 10.8. The molecule has 2 N–H and O–H groups in total. The Morgan fingerprint density at radius 3 is 2.83 bits per heavy atom. The van der Waals surface area contributed by atoms with E-state index < -0.39 is 0 Å². The van der Waals surface area contributed by atoms with Gasteiger partial charge in [-0.15, -0.1) is 0 Å². The van der Waals surface area contributed by atoms with Crippen molar-refractivity contribution < 1.29 is 4.79 Å². The lowest BCUT2D eigenvalue weighted by Crippen LogP contribution is -2.27. The monoisotopic (exact) mass is 386 g/mol. The molecule has 29 heavy (non-hydrogen) atoms. The van der Waals surface area contributed by atoms with E-state index in [0.29, 0.717) is 12.1 Å². The van der Waals surface area contributed by atoms with Gasteiger partial charge in [0.05, 0.1) is 17.4 Å². The summed E-state index contributed by atoms with van der Waals surface area (Å²) in [6.07, 6.45) is 6.01. The molecule has 1 aromatic carbocycles. The van der Waals surface area contributed by atoms with Crippen LogP contribution in [0.5, 0.6) is 0 Å². The Labute approximate surface area is 168 Å². The number of nitrogens with zero attached hydrogens (tertiary/aromatic N) is 4. The topological polar surface area (TPSA) is 86.8 Å².